The highest BCUT2D eigenvalue weighted by Gasteiger charge is 2.31. The van der Waals surface area contributed by atoms with Gasteiger partial charge in [-0.2, -0.15) is 10.4 Å². The Bertz CT molecular complexity index is 1740. The summed E-state index contributed by atoms with van der Waals surface area (Å²) in [4.78, 5) is 33.3. The monoisotopic (exact) mass is 584 g/mol. The second kappa shape index (κ2) is 13.1. The lowest BCUT2D eigenvalue weighted by Gasteiger charge is -2.36. The molecule has 11 heteroatoms. The second-order valence-corrected chi connectivity index (χ2v) is 10.8. The molecule has 0 spiro atoms. The lowest BCUT2D eigenvalue weighted by atomic mass is 9.90. The summed E-state index contributed by atoms with van der Waals surface area (Å²) in [6.07, 6.45) is 13.6. The summed E-state index contributed by atoms with van der Waals surface area (Å²) in [5.74, 6) is 1.08. The number of aromatic nitrogens is 6. The molecule has 0 saturated heterocycles. The van der Waals surface area contributed by atoms with Gasteiger partial charge < -0.3 is 10.6 Å². The number of carbonyl (C=O) groups is 1. The number of hydrogen-bond acceptors (Lipinski definition) is 8. The summed E-state index contributed by atoms with van der Waals surface area (Å²) in [5.41, 5.74) is 4.73. The Morgan fingerprint density at radius 1 is 0.955 bits per heavy atom. The van der Waals surface area contributed by atoms with Crippen molar-refractivity contribution in [2.75, 3.05) is 10.2 Å². The molecule has 5 aromatic rings. The van der Waals surface area contributed by atoms with E-state index in [2.05, 4.69) is 36.8 Å². The number of benzene rings is 1. The first kappa shape index (κ1) is 28.5. The molecule has 44 heavy (non-hydrogen) atoms. The number of amides is 2. The number of pyridine rings is 2. The SMILES string of the molecule is Cn1cc(-c2ccc(N(C(=O)NCc3ccccc3)C3CCC(Nc4ncc(C#N)c(-c5ccncc5)n4)CC3)nc2)cn1. The van der Waals surface area contributed by atoms with Crippen molar-refractivity contribution in [2.45, 2.75) is 44.3 Å². The van der Waals surface area contributed by atoms with E-state index in [1.54, 1.807) is 40.6 Å². The number of urea groups is 1. The molecular formula is C33H32N10O. The minimum Gasteiger partial charge on any atom is -0.351 e. The van der Waals surface area contributed by atoms with Crippen LogP contribution in [0.1, 0.15) is 36.8 Å². The smallest absolute Gasteiger partial charge is 0.323 e. The lowest BCUT2D eigenvalue weighted by Crippen LogP contribution is -2.49. The van der Waals surface area contributed by atoms with Crippen molar-refractivity contribution in [1.29, 1.82) is 5.26 Å². The molecule has 1 aliphatic carbocycles. The first-order chi connectivity index (χ1) is 21.6. The highest BCUT2D eigenvalue weighted by atomic mass is 16.2. The molecular weight excluding hydrogens is 552 g/mol. The molecule has 0 aliphatic heterocycles. The minimum absolute atomic E-state index is 0.0326. The van der Waals surface area contributed by atoms with Crippen molar-refractivity contribution in [1.82, 2.24) is 35.0 Å². The van der Waals surface area contributed by atoms with E-state index in [0.29, 0.717) is 29.6 Å². The summed E-state index contributed by atoms with van der Waals surface area (Å²) in [7, 11) is 1.88. The van der Waals surface area contributed by atoms with Gasteiger partial charge in [0, 0.05) is 67.2 Å². The summed E-state index contributed by atoms with van der Waals surface area (Å²) in [6, 6.07) is 19.5. The molecule has 11 nitrogen and oxygen atoms in total. The number of anilines is 2. The van der Waals surface area contributed by atoms with Crippen LogP contribution in [-0.4, -0.2) is 47.8 Å². The number of nitrogens with zero attached hydrogens (tertiary/aromatic N) is 8. The summed E-state index contributed by atoms with van der Waals surface area (Å²) in [6.45, 7) is 0.427. The number of hydrogen-bond donors (Lipinski definition) is 2. The van der Waals surface area contributed by atoms with Gasteiger partial charge in [-0.05, 0) is 55.5 Å². The number of carbonyl (C=O) groups excluding carboxylic acids is 1. The summed E-state index contributed by atoms with van der Waals surface area (Å²) in [5, 5.41) is 20.4. The minimum atomic E-state index is -0.177. The van der Waals surface area contributed by atoms with Gasteiger partial charge in [0.25, 0.3) is 0 Å². The van der Waals surface area contributed by atoms with Crippen LogP contribution in [0.5, 0.6) is 0 Å². The molecule has 1 fully saturated rings. The predicted molar refractivity (Wildman–Crippen MR) is 167 cm³/mol. The van der Waals surface area contributed by atoms with Gasteiger partial charge in [-0.15, -0.1) is 0 Å². The van der Waals surface area contributed by atoms with Gasteiger partial charge in [0.1, 0.15) is 11.9 Å². The number of nitrogens with one attached hydrogen (secondary N) is 2. The van der Waals surface area contributed by atoms with Crippen molar-refractivity contribution in [3.8, 4) is 28.5 Å². The van der Waals surface area contributed by atoms with Crippen LogP contribution in [0, 0.1) is 11.3 Å². The Morgan fingerprint density at radius 2 is 1.75 bits per heavy atom. The quantitative estimate of drug-likeness (QED) is 0.249. The molecule has 0 unspecified atom stereocenters. The van der Waals surface area contributed by atoms with Crippen LogP contribution < -0.4 is 15.5 Å². The highest BCUT2D eigenvalue weighted by molar-refractivity contribution is 5.91. The number of rotatable bonds is 8. The van der Waals surface area contributed by atoms with Crippen molar-refractivity contribution in [2.24, 2.45) is 7.05 Å². The van der Waals surface area contributed by atoms with E-state index < -0.39 is 0 Å². The molecule has 0 bridgehead atoms. The van der Waals surface area contributed by atoms with Gasteiger partial charge >= 0.3 is 6.03 Å². The fraction of sp³-hybridized carbons (Fsp3) is 0.242. The largest absolute Gasteiger partial charge is 0.351 e. The van der Waals surface area contributed by atoms with Crippen LogP contribution in [0.4, 0.5) is 16.6 Å². The van der Waals surface area contributed by atoms with Crippen LogP contribution in [0.15, 0.2) is 91.8 Å². The Kier molecular flexibility index (Phi) is 8.50. The third kappa shape index (κ3) is 6.55. The third-order valence-corrected chi connectivity index (χ3v) is 7.80. The van der Waals surface area contributed by atoms with Crippen LogP contribution in [0.3, 0.4) is 0 Å². The Balaban J connectivity index is 1.17. The predicted octanol–water partition coefficient (Wildman–Crippen LogP) is 5.35. The standard InChI is InChI=1S/C33H32N10O/c1-42-22-27(21-39-42)25-7-12-30(36-19-25)43(33(44)38-18-23-5-3-2-4-6-23)29-10-8-28(9-11-29)40-32-37-20-26(17-34)31(41-32)24-13-15-35-16-14-24/h2-7,12-16,19-22,28-29H,8-11,18H2,1H3,(H,38,44)(H,37,40,41). The Hall–Kier alpha value is -5.63. The lowest BCUT2D eigenvalue weighted by molar-refractivity contribution is 0.240. The zero-order valence-corrected chi connectivity index (χ0v) is 24.3. The Morgan fingerprint density at radius 3 is 2.43 bits per heavy atom. The second-order valence-electron chi connectivity index (χ2n) is 10.8. The van der Waals surface area contributed by atoms with Gasteiger partial charge in [-0.1, -0.05) is 30.3 Å². The first-order valence-electron chi connectivity index (χ1n) is 14.6. The molecule has 1 aliphatic rings. The van der Waals surface area contributed by atoms with Crippen molar-refractivity contribution in [3.63, 3.8) is 0 Å². The van der Waals surface area contributed by atoms with Gasteiger partial charge in [0.2, 0.25) is 5.95 Å². The normalized spacial score (nSPS) is 16.1. The third-order valence-electron chi connectivity index (χ3n) is 7.80. The van der Waals surface area contributed by atoms with Crippen LogP contribution in [0.25, 0.3) is 22.4 Å². The maximum Gasteiger partial charge on any atom is 0.323 e. The van der Waals surface area contributed by atoms with E-state index >= 15 is 0 Å². The van der Waals surface area contributed by atoms with Crippen molar-refractivity contribution in [3.05, 3.63) is 103 Å². The average Bonchev–Trinajstić information content (AvgIpc) is 3.52. The van der Waals surface area contributed by atoms with Crippen molar-refractivity contribution >= 4 is 17.8 Å². The molecule has 4 heterocycles. The van der Waals surface area contributed by atoms with Crippen LogP contribution in [0.2, 0.25) is 0 Å². The van der Waals surface area contributed by atoms with Crippen LogP contribution >= 0.6 is 0 Å². The average molecular weight is 585 g/mol. The van der Waals surface area contributed by atoms with Crippen LogP contribution in [-0.2, 0) is 13.6 Å². The molecule has 2 N–H and O–H groups in total. The molecule has 4 aromatic heterocycles. The van der Waals surface area contributed by atoms with E-state index in [0.717, 1.165) is 47.9 Å². The van der Waals surface area contributed by atoms with E-state index in [4.69, 9.17) is 4.98 Å². The molecule has 1 aromatic carbocycles. The van der Waals surface area contributed by atoms with E-state index in [-0.39, 0.29) is 18.1 Å². The van der Waals surface area contributed by atoms with E-state index in [1.807, 2.05) is 67.8 Å². The van der Waals surface area contributed by atoms with Crippen molar-refractivity contribution < 1.29 is 4.79 Å². The maximum atomic E-state index is 13.7. The molecule has 2 amide bonds. The fourth-order valence-electron chi connectivity index (χ4n) is 5.51. The van der Waals surface area contributed by atoms with Gasteiger partial charge in [-0.3, -0.25) is 14.6 Å². The van der Waals surface area contributed by atoms with E-state index in [1.165, 1.54) is 0 Å². The number of aryl methyl sites for hydroxylation is 1. The first-order valence-corrected chi connectivity index (χ1v) is 14.6. The maximum absolute atomic E-state index is 13.7. The van der Waals surface area contributed by atoms with Gasteiger partial charge in [0.15, 0.2) is 0 Å². The molecule has 0 radical (unpaired) electrons. The number of nitriles is 1. The summed E-state index contributed by atoms with van der Waals surface area (Å²) < 4.78 is 1.75. The molecule has 6 rings (SSSR count). The van der Waals surface area contributed by atoms with E-state index in [9.17, 15) is 10.1 Å². The zero-order valence-electron chi connectivity index (χ0n) is 24.3. The summed E-state index contributed by atoms with van der Waals surface area (Å²) >= 11 is 0. The molecule has 220 valence electrons. The molecule has 1 saturated carbocycles. The van der Waals surface area contributed by atoms with Gasteiger partial charge in [0.05, 0.1) is 23.7 Å². The highest BCUT2D eigenvalue weighted by Crippen LogP contribution is 2.30. The topological polar surface area (TPSA) is 138 Å². The Labute approximate surface area is 255 Å². The molecule has 0 atom stereocenters. The van der Waals surface area contributed by atoms with Gasteiger partial charge in [-0.25, -0.2) is 19.7 Å². The fourth-order valence-corrected chi connectivity index (χ4v) is 5.51. The zero-order chi connectivity index (χ0) is 30.3.